The monoisotopic (exact) mass is 208 g/mol. The quantitative estimate of drug-likeness (QED) is 0.597. The molecule has 4 nitrogen and oxygen atoms in total. The van der Waals surface area contributed by atoms with Gasteiger partial charge in [0.15, 0.2) is 0 Å². The molecule has 2 heterocycles. The molecular weight excluding hydrogens is 200 g/mol. The minimum Gasteiger partial charge on any atom is -0.409 e. The summed E-state index contributed by atoms with van der Waals surface area (Å²) in [6, 6.07) is 0. The van der Waals surface area contributed by atoms with Crippen molar-refractivity contribution in [2.75, 3.05) is 0 Å². The van der Waals surface area contributed by atoms with Crippen LogP contribution in [0.1, 0.15) is 6.92 Å². The van der Waals surface area contributed by atoms with Crippen LogP contribution in [0.25, 0.3) is 12.7 Å². The molecule has 0 unspecified atom stereocenters. The number of hydrogen-bond donors (Lipinski definition) is 2. The molecule has 14 heavy (non-hydrogen) atoms. The summed E-state index contributed by atoms with van der Waals surface area (Å²) in [5.41, 5.74) is 0.252. The number of hydrogen-bond acceptors (Lipinski definition) is 3. The normalized spacial score (nSPS) is 12.5. The van der Waals surface area contributed by atoms with Gasteiger partial charge in [-0.25, -0.2) is 4.79 Å². The number of H-pyrrole nitrogens is 2. The highest BCUT2D eigenvalue weighted by Gasteiger charge is 2.02. The molecular formula is C9H8N2O2S. The fourth-order valence-electron chi connectivity index (χ4n) is 1.31. The van der Waals surface area contributed by atoms with Crippen molar-refractivity contribution >= 4 is 24.9 Å². The lowest BCUT2D eigenvalue weighted by Gasteiger charge is -1.88. The smallest absolute Gasteiger partial charge is 0.361 e. The number of rotatable bonds is 0. The summed E-state index contributed by atoms with van der Waals surface area (Å²) in [6.45, 7) is 5.61. The van der Waals surface area contributed by atoms with E-state index in [2.05, 4.69) is 16.5 Å². The van der Waals surface area contributed by atoms with E-state index in [0.29, 0.717) is 21.4 Å². The van der Waals surface area contributed by atoms with Crippen molar-refractivity contribution in [2.45, 2.75) is 6.92 Å². The van der Waals surface area contributed by atoms with E-state index in [-0.39, 0.29) is 4.71 Å². The molecule has 0 bridgehead atoms. The van der Waals surface area contributed by atoms with Gasteiger partial charge < -0.3 is 14.4 Å². The average Bonchev–Trinajstić information content (AvgIpc) is 2.42. The average molecular weight is 208 g/mol. The first-order valence-electron chi connectivity index (χ1n) is 4.04. The van der Waals surface area contributed by atoms with Crippen molar-refractivity contribution < 1.29 is 4.42 Å². The molecule has 2 rings (SSSR count). The highest BCUT2D eigenvalue weighted by molar-refractivity contribution is 7.71. The molecule has 0 saturated heterocycles. The maximum Gasteiger partial charge on any atom is 0.361 e. The molecule has 72 valence electrons. The van der Waals surface area contributed by atoms with Gasteiger partial charge in [-0.2, -0.15) is 0 Å². The van der Waals surface area contributed by atoms with Crippen molar-refractivity contribution in [3.05, 3.63) is 36.5 Å². The van der Waals surface area contributed by atoms with Gasteiger partial charge in [-0.15, -0.1) is 0 Å². The molecule has 2 aliphatic heterocycles. The second kappa shape index (κ2) is 2.95. The van der Waals surface area contributed by atoms with E-state index in [1.165, 1.54) is 0 Å². The summed E-state index contributed by atoms with van der Waals surface area (Å²) in [7, 11) is 0. The molecule has 0 atom stereocenters. The Morgan fingerprint density at radius 2 is 2.21 bits per heavy atom. The summed E-state index contributed by atoms with van der Waals surface area (Å²) in [5, 5.41) is 1.50. The van der Waals surface area contributed by atoms with Gasteiger partial charge in [0, 0.05) is 5.35 Å². The first kappa shape index (κ1) is 8.96. The van der Waals surface area contributed by atoms with Crippen molar-refractivity contribution in [1.82, 2.24) is 9.97 Å². The van der Waals surface area contributed by atoms with Crippen LogP contribution in [0.4, 0.5) is 0 Å². The first-order chi connectivity index (χ1) is 6.63. The van der Waals surface area contributed by atoms with Gasteiger partial charge in [-0.05, 0) is 25.2 Å². The van der Waals surface area contributed by atoms with E-state index in [1.807, 2.05) is 6.92 Å². The van der Waals surface area contributed by atoms with Crippen LogP contribution in [-0.4, -0.2) is 9.97 Å². The van der Waals surface area contributed by atoms with Gasteiger partial charge in [-0.1, -0.05) is 6.58 Å². The van der Waals surface area contributed by atoms with Gasteiger partial charge in [-0.3, -0.25) is 0 Å². The Morgan fingerprint density at radius 3 is 2.86 bits per heavy atom. The third-order valence-electron chi connectivity index (χ3n) is 1.98. The zero-order valence-corrected chi connectivity index (χ0v) is 8.33. The number of nitrogens with one attached hydrogen (secondary N) is 2. The Labute approximate surface area is 83.2 Å². The highest BCUT2D eigenvalue weighted by Crippen LogP contribution is 1.87. The maximum absolute atomic E-state index is 11.3. The number of aromatic amines is 2. The zero-order valence-electron chi connectivity index (χ0n) is 7.51. The van der Waals surface area contributed by atoms with Crippen LogP contribution in [-0.2, 0) is 0 Å². The second-order valence-electron chi connectivity index (χ2n) is 2.86. The summed E-state index contributed by atoms with van der Waals surface area (Å²) < 4.78 is 4.97. The maximum atomic E-state index is 11.3. The lowest BCUT2D eigenvalue weighted by Crippen LogP contribution is -2.24. The Kier molecular flexibility index (Phi) is 1.89. The van der Waals surface area contributed by atoms with Crippen LogP contribution in [0, 0.1) is 15.3 Å². The van der Waals surface area contributed by atoms with E-state index in [0.717, 1.165) is 0 Å². The summed E-state index contributed by atoms with van der Waals surface area (Å²) in [6.07, 6.45) is 1.80. The third-order valence-corrected chi connectivity index (χ3v) is 2.27. The minimum atomic E-state index is -0.452. The van der Waals surface area contributed by atoms with Crippen molar-refractivity contribution in [3.8, 4) is 0 Å². The molecule has 5 heteroatoms. The van der Waals surface area contributed by atoms with Gasteiger partial charge in [0.1, 0.15) is 10.8 Å². The van der Waals surface area contributed by atoms with Gasteiger partial charge in [0.25, 0.3) is 0 Å². The molecule has 2 aliphatic rings. The largest absolute Gasteiger partial charge is 0.409 e. The molecule has 0 aromatic rings. The topological polar surface area (TPSA) is 61.8 Å². The van der Waals surface area contributed by atoms with Crippen LogP contribution in [0.3, 0.4) is 0 Å². The standard InChI is InChI=1S/C9H8N2O2S/c1-3-5-10-4(2)6-7(11-5)8(12)13-9(6)14/h3,10-11H,2H2,1H3/b5-3+. The first-order valence-corrected chi connectivity index (χ1v) is 4.44. The van der Waals surface area contributed by atoms with Crippen LogP contribution in [0.5, 0.6) is 0 Å². The van der Waals surface area contributed by atoms with Crippen LogP contribution in [0.15, 0.2) is 9.21 Å². The van der Waals surface area contributed by atoms with E-state index in [9.17, 15) is 4.79 Å². The zero-order chi connectivity index (χ0) is 10.3. The fraction of sp³-hybridized carbons (Fsp3) is 0.111. The van der Waals surface area contributed by atoms with Crippen LogP contribution >= 0.6 is 12.2 Å². The SMILES string of the molecule is C=c1[nH]/c(=C\C)[nH]c2c(=O)oc(=S)c1=2. The highest BCUT2D eigenvalue weighted by atomic mass is 32.1. The molecule has 0 aromatic carbocycles. The predicted molar refractivity (Wildman–Crippen MR) is 54.7 cm³/mol. The van der Waals surface area contributed by atoms with Gasteiger partial charge in [0.2, 0.25) is 4.71 Å². The molecule has 0 amide bonds. The predicted octanol–water partition coefficient (Wildman–Crippen LogP) is -0.0390. The Balaban J connectivity index is 3.37. The summed E-state index contributed by atoms with van der Waals surface area (Å²) in [4.78, 5) is 17.1. The lowest BCUT2D eigenvalue weighted by atomic mass is 10.4. The molecule has 0 spiro atoms. The van der Waals surface area contributed by atoms with E-state index < -0.39 is 5.63 Å². The molecule has 0 fully saturated rings. The van der Waals surface area contributed by atoms with E-state index in [4.69, 9.17) is 16.6 Å². The third kappa shape index (κ3) is 1.13. The molecule has 2 N–H and O–H groups in total. The van der Waals surface area contributed by atoms with Crippen LogP contribution in [0.2, 0.25) is 0 Å². The van der Waals surface area contributed by atoms with Crippen LogP contribution < -0.4 is 16.5 Å². The Bertz CT molecular complexity index is 750. The van der Waals surface area contributed by atoms with Crippen molar-refractivity contribution in [2.24, 2.45) is 0 Å². The van der Waals surface area contributed by atoms with Crippen molar-refractivity contribution in [3.63, 3.8) is 0 Å². The fourth-order valence-corrected chi connectivity index (χ4v) is 1.61. The van der Waals surface area contributed by atoms with Gasteiger partial charge in [0.05, 0.1) is 5.22 Å². The Morgan fingerprint density at radius 1 is 1.50 bits per heavy atom. The molecule has 0 aliphatic carbocycles. The van der Waals surface area contributed by atoms with Gasteiger partial charge >= 0.3 is 5.63 Å². The minimum absolute atomic E-state index is 0.171. The lowest BCUT2D eigenvalue weighted by molar-refractivity contribution is 0.508. The summed E-state index contributed by atoms with van der Waals surface area (Å²) >= 11 is 4.88. The molecule has 0 aromatic heterocycles. The Hall–Kier alpha value is -1.62. The van der Waals surface area contributed by atoms with Crippen molar-refractivity contribution in [1.29, 1.82) is 0 Å². The molecule has 0 radical (unpaired) electrons. The number of aromatic nitrogens is 2. The summed E-state index contributed by atoms with van der Waals surface area (Å²) in [5.74, 6) is 0. The molecule has 0 saturated carbocycles. The van der Waals surface area contributed by atoms with E-state index in [1.54, 1.807) is 6.08 Å². The van der Waals surface area contributed by atoms with E-state index >= 15 is 0 Å². The second-order valence-corrected chi connectivity index (χ2v) is 3.23.